The lowest BCUT2D eigenvalue weighted by atomic mass is 9.90. The average Bonchev–Trinajstić information content (AvgIpc) is 2.86. The van der Waals surface area contributed by atoms with Gasteiger partial charge in [0.05, 0.1) is 21.6 Å². The highest BCUT2D eigenvalue weighted by atomic mass is 35.5. The van der Waals surface area contributed by atoms with Crippen molar-refractivity contribution >= 4 is 28.2 Å². The van der Waals surface area contributed by atoms with Crippen LogP contribution in [0.25, 0.3) is 16.6 Å². The Morgan fingerprint density at radius 3 is 3.09 bits per heavy atom. The van der Waals surface area contributed by atoms with Gasteiger partial charge in [-0.25, -0.2) is 4.52 Å². The van der Waals surface area contributed by atoms with Gasteiger partial charge in [0, 0.05) is 18.0 Å². The van der Waals surface area contributed by atoms with Crippen LogP contribution in [-0.2, 0) is 0 Å². The van der Waals surface area contributed by atoms with E-state index in [1.165, 1.54) is 0 Å². The minimum Gasteiger partial charge on any atom is -0.314 e. The molecule has 2 N–H and O–H groups in total. The van der Waals surface area contributed by atoms with Crippen molar-refractivity contribution in [2.75, 3.05) is 6.54 Å². The summed E-state index contributed by atoms with van der Waals surface area (Å²) in [6.07, 6.45) is 2.01. The largest absolute Gasteiger partial charge is 0.314 e. The molecule has 5 nitrogen and oxygen atoms in total. The van der Waals surface area contributed by atoms with E-state index in [2.05, 4.69) is 22.3 Å². The van der Waals surface area contributed by atoms with Crippen molar-refractivity contribution in [2.45, 2.75) is 31.7 Å². The molecule has 2 unspecified atom stereocenters. The average molecular weight is 317 g/mol. The molecule has 2 aromatic heterocycles. The van der Waals surface area contributed by atoms with Crippen molar-refractivity contribution in [3.8, 4) is 0 Å². The monoisotopic (exact) mass is 316 g/mol. The molecule has 22 heavy (non-hydrogen) atoms. The maximum atomic E-state index is 12.1. The molecule has 2 atom stereocenters. The first-order chi connectivity index (χ1) is 10.6. The summed E-state index contributed by atoms with van der Waals surface area (Å²) < 4.78 is 1.86. The Bertz CT molecular complexity index is 914. The molecule has 1 aromatic carbocycles. The number of aromatic nitrogens is 3. The van der Waals surface area contributed by atoms with Gasteiger partial charge in [0.15, 0.2) is 0 Å². The van der Waals surface area contributed by atoms with Crippen molar-refractivity contribution in [3.63, 3.8) is 0 Å². The molecule has 1 saturated heterocycles. The Balaban J connectivity index is 2.00. The Labute approximate surface area is 132 Å². The van der Waals surface area contributed by atoms with Crippen molar-refractivity contribution in [3.05, 3.63) is 45.3 Å². The lowest BCUT2D eigenvalue weighted by molar-refractivity contribution is 0.372. The molecule has 3 aromatic rings. The van der Waals surface area contributed by atoms with Gasteiger partial charge in [-0.1, -0.05) is 17.7 Å². The van der Waals surface area contributed by atoms with Crippen LogP contribution < -0.4 is 10.9 Å². The van der Waals surface area contributed by atoms with Gasteiger partial charge in [-0.15, -0.1) is 0 Å². The maximum absolute atomic E-state index is 12.1. The topological polar surface area (TPSA) is 62.2 Å². The first-order valence-corrected chi connectivity index (χ1v) is 7.95. The molecule has 0 bridgehead atoms. The van der Waals surface area contributed by atoms with Crippen molar-refractivity contribution in [1.29, 1.82) is 0 Å². The molecule has 1 aliphatic heterocycles. The predicted octanol–water partition coefficient (Wildman–Crippen LogP) is 2.68. The Morgan fingerprint density at radius 2 is 2.27 bits per heavy atom. The quantitative estimate of drug-likeness (QED) is 0.725. The van der Waals surface area contributed by atoms with Gasteiger partial charge < -0.3 is 10.3 Å². The van der Waals surface area contributed by atoms with Crippen LogP contribution in [0.1, 0.15) is 31.4 Å². The van der Waals surface area contributed by atoms with E-state index in [1.807, 2.05) is 22.7 Å². The van der Waals surface area contributed by atoms with Crippen LogP contribution in [0.3, 0.4) is 0 Å². The Hall–Kier alpha value is -1.85. The summed E-state index contributed by atoms with van der Waals surface area (Å²) in [5, 5.41) is 9.52. The molecule has 4 rings (SSSR count). The number of aromatic amines is 1. The van der Waals surface area contributed by atoms with Crippen LogP contribution in [0.5, 0.6) is 0 Å². The minimum atomic E-state index is -0.101. The molecule has 1 aliphatic rings. The second kappa shape index (κ2) is 5.11. The number of H-pyrrole nitrogens is 1. The number of nitrogens with zero attached hydrogens (tertiary/aromatic N) is 2. The number of piperidine rings is 1. The number of fused-ring (bicyclic) bond motifs is 3. The first-order valence-electron chi connectivity index (χ1n) is 7.57. The molecule has 0 spiro atoms. The second-order valence-electron chi connectivity index (χ2n) is 6.03. The summed E-state index contributed by atoms with van der Waals surface area (Å²) >= 11 is 6.31. The number of halogens is 1. The summed E-state index contributed by atoms with van der Waals surface area (Å²) in [5.41, 5.74) is 2.36. The van der Waals surface area contributed by atoms with Gasteiger partial charge in [0.2, 0.25) is 0 Å². The SMILES string of the molecule is CC1CC(c2cc(=O)[nH]c3c4c(Cl)cccc4nn23)CCN1. The maximum Gasteiger partial charge on any atom is 0.251 e. The zero-order valence-electron chi connectivity index (χ0n) is 12.3. The van der Waals surface area contributed by atoms with Crippen molar-refractivity contribution in [2.24, 2.45) is 0 Å². The summed E-state index contributed by atoms with van der Waals surface area (Å²) in [7, 11) is 0. The minimum absolute atomic E-state index is 0.101. The van der Waals surface area contributed by atoms with Crippen LogP contribution >= 0.6 is 11.6 Å². The zero-order valence-corrected chi connectivity index (χ0v) is 13.0. The number of benzene rings is 1. The van der Waals surface area contributed by atoms with Crippen molar-refractivity contribution in [1.82, 2.24) is 19.9 Å². The highest BCUT2D eigenvalue weighted by Crippen LogP contribution is 2.31. The second-order valence-corrected chi connectivity index (χ2v) is 6.44. The summed E-state index contributed by atoms with van der Waals surface area (Å²) in [6, 6.07) is 7.74. The van der Waals surface area contributed by atoms with Gasteiger partial charge in [0.1, 0.15) is 5.65 Å². The summed E-state index contributed by atoms with van der Waals surface area (Å²) in [4.78, 5) is 15.0. The summed E-state index contributed by atoms with van der Waals surface area (Å²) in [6.45, 7) is 3.13. The van der Waals surface area contributed by atoms with E-state index >= 15 is 0 Å². The van der Waals surface area contributed by atoms with E-state index in [4.69, 9.17) is 11.6 Å². The molecule has 0 aliphatic carbocycles. The third-order valence-electron chi connectivity index (χ3n) is 4.46. The Kier molecular flexibility index (Phi) is 3.20. The lowest BCUT2D eigenvalue weighted by Gasteiger charge is -2.28. The molecule has 1 fully saturated rings. The van der Waals surface area contributed by atoms with Crippen LogP contribution in [0, 0.1) is 0 Å². The van der Waals surface area contributed by atoms with Gasteiger partial charge in [0.25, 0.3) is 5.56 Å². The molecule has 114 valence electrons. The van der Waals surface area contributed by atoms with Crippen LogP contribution in [0.15, 0.2) is 29.1 Å². The number of hydrogen-bond donors (Lipinski definition) is 2. The fourth-order valence-electron chi connectivity index (χ4n) is 3.44. The first kappa shape index (κ1) is 13.8. The predicted molar refractivity (Wildman–Crippen MR) is 87.8 cm³/mol. The number of hydrogen-bond acceptors (Lipinski definition) is 3. The lowest BCUT2D eigenvalue weighted by Crippen LogP contribution is -2.35. The normalized spacial score (nSPS) is 22.5. The summed E-state index contributed by atoms with van der Waals surface area (Å²) in [5.74, 6) is 0.328. The van der Waals surface area contributed by atoms with Gasteiger partial charge in [-0.3, -0.25) is 4.79 Å². The highest BCUT2D eigenvalue weighted by Gasteiger charge is 2.24. The molecular weight excluding hydrogens is 300 g/mol. The van der Waals surface area contributed by atoms with Gasteiger partial charge in [-0.2, -0.15) is 5.10 Å². The standard InChI is InChI=1S/C16H17ClN4O/c1-9-7-10(5-6-18-9)13-8-14(22)19-16-15-11(17)3-2-4-12(15)20-21(13)16/h2-4,8-10,18H,5-7H2,1H3,(H,19,22). The third-order valence-corrected chi connectivity index (χ3v) is 4.77. The zero-order chi connectivity index (χ0) is 15.3. The van der Waals surface area contributed by atoms with E-state index in [9.17, 15) is 4.79 Å². The van der Waals surface area contributed by atoms with Gasteiger partial charge in [-0.05, 0) is 38.4 Å². The highest BCUT2D eigenvalue weighted by molar-refractivity contribution is 6.36. The number of nitrogens with one attached hydrogen (secondary N) is 2. The van der Waals surface area contributed by atoms with Crippen LogP contribution in [0.2, 0.25) is 5.02 Å². The fourth-order valence-corrected chi connectivity index (χ4v) is 3.70. The van der Waals surface area contributed by atoms with Crippen LogP contribution in [0.4, 0.5) is 0 Å². The van der Waals surface area contributed by atoms with E-state index in [0.717, 1.165) is 36.0 Å². The van der Waals surface area contributed by atoms with Crippen molar-refractivity contribution < 1.29 is 0 Å². The van der Waals surface area contributed by atoms with E-state index in [-0.39, 0.29) is 5.56 Å². The Morgan fingerprint density at radius 1 is 1.41 bits per heavy atom. The fraction of sp³-hybridized carbons (Fsp3) is 0.375. The van der Waals surface area contributed by atoms with Gasteiger partial charge >= 0.3 is 0 Å². The molecule has 0 radical (unpaired) electrons. The van der Waals surface area contributed by atoms with E-state index in [1.54, 1.807) is 6.07 Å². The molecule has 0 amide bonds. The molecule has 0 saturated carbocycles. The number of rotatable bonds is 1. The van der Waals surface area contributed by atoms with Crippen LogP contribution in [-0.4, -0.2) is 27.2 Å². The van der Waals surface area contributed by atoms with E-state index in [0.29, 0.717) is 22.6 Å². The molecule has 6 heteroatoms. The smallest absolute Gasteiger partial charge is 0.251 e. The van der Waals surface area contributed by atoms with E-state index < -0.39 is 0 Å². The third kappa shape index (κ3) is 2.12. The molecule has 3 heterocycles. The molecular formula is C16H17ClN4O.